The van der Waals surface area contributed by atoms with Crippen LogP contribution in [0.4, 0.5) is 0 Å². The zero-order chi connectivity index (χ0) is 39.6. The van der Waals surface area contributed by atoms with Crippen LogP contribution in [0.25, 0.3) is 116 Å². The second-order valence-electron chi connectivity index (χ2n) is 15.4. The van der Waals surface area contributed by atoms with Crippen LogP contribution in [0.15, 0.2) is 217 Å². The molecule has 0 saturated carbocycles. The number of fused-ring (bicyclic) bond motifs is 7. The lowest BCUT2D eigenvalue weighted by molar-refractivity contribution is 0.669. The molecule has 3 heterocycles. The Morgan fingerprint density at radius 2 is 0.933 bits per heavy atom. The van der Waals surface area contributed by atoms with Gasteiger partial charge in [-0.1, -0.05) is 158 Å². The summed E-state index contributed by atoms with van der Waals surface area (Å²) in [5, 5.41) is 5.44. The van der Waals surface area contributed by atoms with Gasteiger partial charge < -0.3 is 8.98 Å². The summed E-state index contributed by atoms with van der Waals surface area (Å²) in [4.78, 5) is 10.7. The maximum atomic E-state index is 6.91. The van der Waals surface area contributed by atoms with Crippen molar-refractivity contribution in [1.29, 1.82) is 0 Å². The molecule has 0 N–H and O–H groups in total. The monoisotopic (exact) mass is 765 g/mol. The zero-order valence-electron chi connectivity index (χ0n) is 32.5. The first kappa shape index (κ1) is 34.0. The molecule has 0 radical (unpaired) electrons. The molecule has 0 amide bonds. The molecule has 12 rings (SSSR count). The van der Waals surface area contributed by atoms with Gasteiger partial charge in [-0.2, -0.15) is 0 Å². The molecular weight excluding hydrogens is 731 g/mol. The first-order chi connectivity index (χ1) is 29.7. The fraction of sp³-hybridized carbons (Fsp3) is 0. The van der Waals surface area contributed by atoms with Crippen molar-refractivity contribution in [3.8, 4) is 61.7 Å². The number of hydrogen-bond donors (Lipinski definition) is 0. The van der Waals surface area contributed by atoms with Gasteiger partial charge in [0.05, 0.1) is 22.2 Å². The van der Waals surface area contributed by atoms with E-state index in [0.29, 0.717) is 5.82 Å². The molecule has 0 unspecified atom stereocenters. The summed E-state index contributed by atoms with van der Waals surface area (Å²) in [6.45, 7) is 0. The highest BCUT2D eigenvalue weighted by Gasteiger charge is 2.21. The van der Waals surface area contributed by atoms with Crippen LogP contribution in [-0.4, -0.2) is 14.5 Å². The third-order valence-electron chi connectivity index (χ3n) is 11.8. The van der Waals surface area contributed by atoms with E-state index in [2.05, 4.69) is 199 Å². The summed E-state index contributed by atoms with van der Waals surface area (Å²) in [6.07, 6.45) is 0. The third-order valence-corrected chi connectivity index (χ3v) is 11.8. The maximum Gasteiger partial charge on any atom is 0.161 e. The number of aromatic nitrogens is 3. The minimum absolute atomic E-state index is 0.655. The average Bonchev–Trinajstić information content (AvgIpc) is 3.86. The summed E-state index contributed by atoms with van der Waals surface area (Å²) in [5.41, 5.74) is 15.6. The number of rotatable bonds is 6. The fourth-order valence-corrected chi connectivity index (χ4v) is 8.94. The van der Waals surface area contributed by atoms with Gasteiger partial charge in [0.2, 0.25) is 0 Å². The fourth-order valence-electron chi connectivity index (χ4n) is 8.94. The molecule has 280 valence electrons. The molecule has 0 aliphatic heterocycles. The van der Waals surface area contributed by atoms with Crippen LogP contribution in [0.2, 0.25) is 0 Å². The molecule has 0 fully saturated rings. The van der Waals surface area contributed by atoms with Crippen molar-refractivity contribution in [2.75, 3.05) is 0 Å². The zero-order valence-corrected chi connectivity index (χ0v) is 32.5. The van der Waals surface area contributed by atoms with E-state index in [-0.39, 0.29) is 0 Å². The Morgan fingerprint density at radius 3 is 1.68 bits per heavy atom. The Labute approximate surface area is 346 Å². The summed E-state index contributed by atoms with van der Waals surface area (Å²) in [5.74, 6) is 0.655. The normalized spacial score (nSPS) is 11.7. The van der Waals surface area contributed by atoms with Crippen molar-refractivity contribution >= 4 is 54.6 Å². The van der Waals surface area contributed by atoms with Crippen LogP contribution in [0, 0.1) is 0 Å². The second-order valence-corrected chi connectivity index (χ2v) is 15.4. The van der Waals surface area contributed by atoms with Gasteiger partial charge in [0.25, 0.3) is 0 Å². The Bertz CT molecular complexity index is 3570. The molecule has 0 spiro atoms. The minimum atomic E-state index is 0.655. The van der Waals surface area contributed by atoms with E-state index in [1.807, 2.05) is 18.2 Å². The standard InChI is InChI=1S/C56H35N3O/c1-4-14-36(15-5-1)39-24-26-40(27-25-39)55-45-21-10-12-22-49(45)57-56(58-55)48-33-42(38-18-8-3-9-19-38)34-53-54(48)46-30-29-43(35-52(46)60-53)59-50-23-13-11-20-44(50)47-32-41(28-31-51(47)59)37-16-6-2-7-17-37/h1-35H. The number of hydrogen-bond acceptors (Lipinski definition) is 3. The Balaban J connectivity index is 1.06. The predicted octanol–water partition coefficient (Wildman–Crippen LogP) is 15.0. The van der Waals surface area contributed by atoms with Gasteiger partial charge in [-0.25, -0.2) is 9.97 Å². The van der Waals surface area contributed by atoms with E-state index < -0.39 is 0 Å². The average molecular weight is 766 g/mol. The molecule has 0 atom stereocenters. The second kappa shape index (κ2) is 13.8. The van der Waals surface area contributed by atoms with Crippen molar-refractivity contribution in [1.82, 2.24) is 14.5 Å². The molecule has 3 aromatic heterocycles. The van der Waals surface area contributed by atoms with E-state index in [1.165, 1.54) is 27.5 Å². The van der Waals surface area contributed by atoms with Gasteiger partial charge in [0.1, 0.15) is 11.2 Å². The first-order valence-electron chi connectivity index (χ1n) is 20.3. The van der Waals surface area contributed by atoms with Crippen LogP contribution in [0.3, 0.4) is 0 Å². The molecule has 0 aliphatic carbocycles. The van der Waals surface area contributed by atoms with E-state index in [4.69, 9.17) is 14.4 Å². The van der Waals surface area contributed by atoms with Gasteiger partial charge in [-0.05, 0) is 81.9 Å². The van der Waals surface area contributed by atoms with Gasteiger partial charge in [-0.15, -0.1) is 0 Å². The summed E-state index contributed by atoms with van der Waals surface area (Å²) >= 11 is 0. The highest BCUT2D eigenvalue weighted by atomic mass is 16.3. The Hall–Kier alpha value is -8.08. The molecule has 0 saturated heterocycles. The Morgan fingerprint density at radius 1 is 0.350 bits per heavy atom. The molecule has 4 heteroatoms. The smallest absolute Gasteiger partial charge is 0.161 e. The summed E-state index contributed by atoms with van der Waals surface area (Å²) < 4.78 is 9.26. The number of nitrogens with zero attached hydrogens (tertiary/aromatic N) is 3. The third kappa shape index (κ3) is 5.61. The molecule has 60 heavy (non-hydrogen) atoms. The molecule has 0 aliphatic rings. The van der Waals surface area contributed by atoms with Crippen LogP contribution in [0.5, 0.6) is 0 Å². The van der Waals surface area contributed by atoms with Gasteiger partial charge >= 0.3 is 0 Å². The van der Waals surface area contributed by atoms with Crippen LogP contribution >= 0.6 is 0 Å². The van der Waals surface area contributed by atoms with Gasteiger partial charge in [0.15, 0.2) is 5.82 Å². The minimum Gasteiger partial charge on any atom is -0.456 e. The quantitative estimate of drug-likeness (QED) is 0.169. The summed E-state index contributed by atoms with van der Waals surface area (Å²) in [7, 11) is 0. The molecule has 9 aromatic carbocycles. The maximum absolute atomic E-state index is 6.91. The Kier molecular flexibility index (Phi) is 7.82. The molecular formula is C56H35N3O. The lowest BCUT2D eigenvalue weighted by Gasteiger charge is -2.12. The van der Waals surface area contributed by atoms with Crippen molar-refractivity contribution < 1.29 is 4.42 Å². The van der Waals surface area contributed by atoms with E-state index in [0.717, 1.165) is 83.1 Å². The lowest BCUT2D eigenvalue weighted by atomic mass is 9.97. The molecule has 12 aromatic rings. The lowest BCUT2D eigenvalue weighted by Crippen LogP contribution is -1.96. The number of furan rings is 1. The van der Waals surface area contributed by atoms with Crippen LogP contribution < -0.4 is 0 Å². The number of para-hydroxylation sites is 2. The molecule has 4 nitrogen and oxygen atoms in total. The summed E-state index contributed by atoms with van der Waals surface area (Å²) in [6, 6.07) is 74.9. The SMILES string of the molecule is c1ccc(-c2ccc(-c3nc(-c4cc(-c5ccccc5)cc5oc6cc(-n7c8ccccc8c8cc(-c9ccccc9)ccc87)ccc6c45)nc4ccccc34)cc2)cc1. The van der Waals surface area contributed by atoms with E-state index in [9.17, 15) is 0 Å². The number of benzene rings is 9. The van der Waals surface area contributed by atoms with Crippen LogP contribution in [0.1, 0.15) is 0 Å². The molecule has 0 bridgehead atoms. The van der Waals surface area contributed by atoms with Crippen molar-refractivity contribution in [3.05, 3.63) is 212 Å². The van der Waals surface area contributed by atoms with Crippen molar-refractivity contribution in [3.63, 3.8) is 0 Å². The van der Waals surface area contributed by atoms with Crippen molar-refractivity contribution in [2.24, 2.45) is 0 Å². The topological polar surface area (TPSA) is 43.9 Å². The predicted molar refractivity (Wildman–Crippen MR) is 248 cm³/mol. The van der Waals surface area contributed by atoms with Crippen LogP contribution in [-0.2, 0) is 0 Å². The van der Waals surface area contributed by atoms with Gasteiger partial charge in [0, 0.05) is 49.8 Å². The first-order valence-corrected chi connectivity index (χ1v) is 20.3. The largest absolute Gasteiger partial charge is 0.456 e. The highest BCUT2D eigenvalue weighted by molar-refractivity contribution is 6.15. The highest BCUT2D eigenvalue weighted by Crippen LogP contribution is 2.42. The van der Waals surface area contributed by atoms with E-state index >= 15 is 0 Å². The van der Waals surface area contributed by atoms with Gasteiger partial charge in [-0.3, -0.25) is 0 Å². The van der Waals surface area contributed by atoms with Crippen molar-refractivity contribution in [2.45, 2.75) is 0 Å². The van der Waals surface area contributed by atoms with E-state index in [1.54, 1.807) is 0 Å².